The lowest BCUT2D eigenvalue weighted by Gasteiger charge is -2.13. The number of carbonyl (C=O) groups is 1. The average Bonchev–Trinajstić information content (AvgIpc) is 2.54. The van der Waals surface area contributed by atoms with Crippen molar-refractivity contribution >= 4 is 16.9 Å². The normalized spacial score (nSPS) is 11.1. The highest BCUT2D eigenvalue weighted by Gasteiger charge is 2.10. The van der Waals surface area contributed by atoms with Gasteiger partial charge in [0.2, 0.25) is 0 Å². The zero-order valence-electron chi connectivity index (χ0n) is 13.5. The first-order chi connectivity index (χ1) is 11.0. The van der Waals surface area contributed by atoms with Crippen molar-refractivity contribution in [3.63, 3.8) is 0 Å². The molecule has 3 nitrogen and oxygen atoms in total. The minimum absolute atomic E-state index is 0.182. The van der Waals surface area contributed by atoms with Crippen LogP contribution in [-0.2, 0) is 0 Å². The molecule has 116 valence electrons. The van der Waals surface area contributed by atoms with Crippen molar-refractivity contribution in [1.29, 1.82) is 0 Å². The number of aromatic carboxylic acids is 1. The Balaban J connectivity index is 2.21. The lowest BCUT2D eigenvalue weighted by molar-refractivity contribution is -0.254. The van der Waals surface area contributed by atoms with Crippen LogP contribution in [0.25, 0.3) is 22.2 Å². The smallest absolute Gasteiger partial charge is 0.0745 e. The zero-order valence-corrected chi connectivity index (χ0v) is 13.5. The highest BCUT2D eigenvalue weighted by Crippen LogP contribution is 2.27. The summed E-state index contributed by atoms with van der Waals surface area (Å²) in [7, 11) is 0. The average molecular weight is 304 g/mol. The number of aromatic nitrogens is 1. The van der Waals surface area contributed by atoms with E-state index in [9.17, 15) is 9.90 Å². The molecule has 1 heterocycles. The first kappa shape index (κ1) is 15.2. The Morgan fingerprint density at radius 2 is 1.78 bits per heavy atom. The quantitative estimate of drug-likeness (QED) is 0.741. The van der Waals surface area contributed by atoms with Crippen molar-refractivity contribution in [1.82, 2.24) is 4.98 Å². The monoisotopic (exact) mass is 304 g/mol. The van der Waals surface area contributed by atoms with Gasteiger partial charge in [0.25, 0.3) is 0 Å². The van der Waals surface area contributed by atoms with Gasteiger partial charge >= 0.3 is 0 Å². The standard InChI is InChI=1S/C20H19NO2/c1-12(2)14-7-9-15(10-8-14)18-11-17(20(22)23)16-6-4-5-13(3)19(16)21-18/h4-12H,1-3H3,(H,22,23)/p-1. The van der Waals surface area contributed by atoms with E-state index in [0.717, 1.165) is 11.1 Å². The number of fused-ring (bicyclic) bond motifs is 1. The SMILES string of the molecule is Cc1cccc2c(C(=O)[O-])cc(-c3ccc(C(C)C)cc3)nc12. The van der Waals surface area contributed by atoms with E-state index < -0.39 is 5.97 Å². The van der Waals surface area contributed by atoms with E-state index in [0.29, 0.717) is 22.5 Å². The number of nitrogens with zero attached hydrogens (tertiary/aromatic N) is 1. The van der Waals surface area contributed by atoms with E-state index in [1.54, 1.807) is 12.1 Å². The molecule has 3 rings (SSSR count). The number of benzene rings is 2. The van der Waals surface area contributed by atoms with Crippen molar-refractivity contribution in [3.8, 4) is 11.3 Å². The number of aryl methyl sites for hydroxylation is 1. The Morgan fingerprint density at radius 3 is 2.39 bits per heavy atom. The van der Waals surface area contributed by atoms with Crippen molar-refractivity contribution in [2.75, 3.05) is 0 Å². The van der Waals surface area contributed by atoms with Crippen LogP contribution in [-0.4, -0.2) is 11.0 Å². The second-order valence-electron chi connectivity index (χ2n) is 6.09. The largest absolute Gasteiger partial charge is 0.545 e. The summed E-state index contributed by atoms with van der Waals surface area (Å²) in [5.41, 5.74) is 4.64. The summed E-state index contributed by atoms with van der Waals surface area (Å²) in [4.78, 5) is 16.2. The van der Waals surface area contributed by atoms with E-state index in [-0.39, 0.29) is 5.56 Å². The molecule has 0 fully saturated rings. The molecule has 0 bridgehead atoms. The lowest BCUT2D eigenvalue weighted by atomic mass is 9.99. The van der Waals surface area contributed by atoms with Crippen LogP contribution in [0.5, 0.6) is 0 Å². The topological polar surface area (TPSA) is 53.0 Å². The van der Waals surface area contributed by atoms with Crippen molar-refractivity contribution in [3.05, 3.63) is 65.2 Å². The molecule has 0 saturated heterocycles. The second-order valence-corrected chi connectivity index (χ2v) is 6.09. The number of hydrogen-bond acceptors (Lipinski definition) is 3. The predicted molar refractivity (Wildman–Crippen MR) is 90.3 cm³/mol. The predicted octanol–water partition coefficient (Wildman–Crippen LogP) is 3.70. The number of carboxylic acid groups (broad SMARTS) is 1. The fraction of sp³-hybridized carbons (Fsp3) is 0.200. The van der Waals surface area contributed by atoms with E-state index in [4.69, 9.17) is 0 Å². The van der Waals surface area contributed by atoms with Gasteiger partial charge in [-0.1, -0.05) is 56.3 Å². The summed E-state index contributed by atoms with van der Waals surface area (Å²) in [6.45, 7) is 6.21. The van der Waals surface area contributed by atoms with E-state index >= 15 is 0 Å². The van der Waals surface area contributed by atoms with Gasteiger partial charge in [0.15, 0.2) is 0 Å². The molecule has 0 aliphatic carbocycles. The summed E-state index contributed by atoms with van der Waals surface area (Å²) >= 11 is 0. The minimum atomic E-state index is -1.18. The van der Waals surface area contributed by atoms with Gasteiger partial charge in [-0.15, -0.1) is 0 Å². The maximum Gasteiger partial charge on any atom is 0.0745 e. The first-order valence-corrected chi connectivity index (χ1v) is 7.69. The molecule has 0 saturated carbocycles. The summed E-state index contributed by atoms with van der Waals surface area (Å²) in [5.74, 6) is -0.724. The van der Waals surface area contributed by atoms with Crippen molar-refractivity contribution in [2.24, 2.45) is 0 Å². The van der Waals surface area contributed by atoms with Gasteiger partial charge in [0, 0.05) is 16.5 Å². The number of rotatable bonds is 3. The molecular weight excluding hydrogens is 286 g/mol. The Labute approximate surface area is 135 Å². The molecule has 2 aromatic carbocycles. The second kappa shape index (κ2) is 5.84. The van der Waals surface area contributed by atoms with Crippen LogP contribution in [0, 0.1) is 6.92 Å². The molecule has 0 N–H and O–H groups in total. The number of para-hydroxylation sites is 1. The maximum atomic E-state index is 11.5. The third-order valence-electron chi connectivity index (χ3n) is 4.13. The third kappa shape index (κ3) is 2.82. The Morgan fingerprint density at radius 1 is 1.09 bits per heavy atom. The van der Waals surface area contributed by atoms with Crippen molar-refractivity contribution < 1.29 is 9.90 Å². The van der Waals surface area contributed by atoms with E-state index in [1.807, 2.05) is 31.2 Å². The summed E-state index contributed by atoms with van der Waals surface area (Å²) < 4.78 is 0. The molecule has 0 spiro atoms. The number of pyridine rings is 1. The van der Waals surface area contributed by atoms with Gasteiger partial charge in [-0.25, -0.2) is 4.98 Å². The first-order valence-electron chi connectivity index (χ1n) is 7.69. The number of carboxylic acids is 1. The van der Waals surface area contributed by atoms with Gasteiger partial charge in [0.05, 0.1) is 17.2 Å². The third-order valence-corrected chi connectivity index (χ3v) is 4.13. The van der Waals surface area contributed by atoms with Crippen LogP contribution >= 0.6 is 0 Å². The van der Waals surface area contributed by atoms with Crippen LogP contribution < -0.4 is 5.11 Å². The van der Waals surface area contributed by atoms with Crippen LogP contribution in [0.4, 0.5) is 0 Å². The maximum absolute atomic E-state index is 11.5. The fourth-order valence-corrected chi connectivity index (χ4v) is 2.75. The Kier molecular flexibility index (Phi) is 3.87. The summed E-state index contributed by atoms with van der Waals surface area (Å²) in [6.07, 6.45) is 0. The van der Waals surface area contributed by atoms with E-state index in [2.05, 4.69) is 31.0 Å². The number of carbonyl (C=O) groups excluding carboxylic acids is 1. The van der Waals surface area contributed by atoms with Crippen LogP contribution in [0.1, 0.15) is 41.3 Å². The minimum Gasteiger partial charge on any atom is -0.545 e. The molecule has 23 heavy (non-hydrogen) atoms. The van der Waals surface area contributed by atoms with Gasteiger partial charge in [-0.2, -0.15) is 0 Å². The van der Waals surface area contributed by atoms with Gasteiger partial charge in [-0.3, -0.25) is 0 Å². The summed E-state index contributed by atoms with van der Waals surface area (Å²) in [6, 6.07) is 15.2. The van der Waals surface area contributed by atoms with Gasteiger partial charge < -0.3 is 9.90 Å². The summed E-state index contributed by atoms with van der Waals surface area (Å²) in [5, 5.41) is 12.1. The van der Waals surface area contributed by atoms with Crippen molar-refractivity contribution in [2.45, 2.75) is 26.7 Å². The van der Waals surface area contributed by atoms with Crippen LogP contribution in [0.15, 0.2) is 48.5 Å². The lowest BCUT2D eigenvalue weighted by Crippen LogP contribution is -2.22. The Hall–Kier alpha value is -2.68. The molecule has 3 heteroatoms. The van der Waals surface area contributed by atoms with Crippen LogP contribution in [0.3, 0.4) is 0 Å². The van der Waals surface area contributed by atoms with Crippen LogP contribution in [0.2, 0.25) is 0 Å². The molecule has 0 aliphatic heterocycles. The molecule has 0 amide bonds. The molecule has 0 aliphatic rings. The molecular formula is C20H18NO2-. The highest BCUT2D eigenvalue weighted by molar-refractivity contribution is 6.03. The van der Waals surface area contributed by atoms with Gasteiger partial charge in [0.1, 0.15) is 0 Å². The van der Waals surface area contributed by atoms with Gasteiger partial charge in [-0.05, 0) is 30.0 Å². The molecule has 1 aromatic heterocycles. The fourth-order valence-electron chi connectivity index (χ4n) is 2.75. The molecule has 0 radical (unpaired) electrons. The molecule has 3 aromatic rings. The Bertz CT molecular complexity index is 880. The van der Waals surface area contributed by atoms with E-state index in [1.165, 1.54) is 5.56 Å². The number of hydrogen-bond donors (Lipinski definition) is 0. The molecule has 0 unspecified atom stereocenters. The molecule has 0 atom stereocenters. The zero-order chi connectivity index (χ0) is 16.6. The highest BCUT2D eigenvalue weighted by atomic mass is 16.4.